The minimum absolute atomic E-state index is 0.0237. The van der Waals surface area contributed by atoms with Crippen LogP contribution in [0.15, 0.2) is 66.7 Å². The zero-order valence-corrected chi connectivity index (χ0v) is 16.2. The molecule has 0 aromatic heterocycles. The first-order chi connectivity index (χ1) is 13.6. The lowest BCUT2D eigenvalue weighted by Crippen LogP contribution is -2.38. The van der Waals surface area contributed by atoms with Crippen molar-refractivity contribution in [3.05, 3.63) is 83.4 Å². The summed E-state index contributed by atoms with van der Waals surface area (Å²) < 4.78 is 0. The Labute approximate surface area is 166 Å². The molecule has 1 atom stereocenters. The van der Waals surface area contributed by atoms with Gasteiger partial charge in [-0.1, -0.05) is 60.7 Å². The SMILES string of the molecule is CC(=O)c1cccc(CN2CCCC(C(=O)c3cccc4ccccc34)C2)c1. The van der Waals surface area contributed by atoms with Crippen LogP contribution in [0.5, 0.6) is 0 Å². The number of nitrogens with zero attached hydrogens (tertiary/aromatic N) is 1. The predicted molar refractivity (Wildman–Crippen MR) is 113 cm³/mol. The molecule has 0 bridgehead atoms. The number of hydrogen-bond acceptors (Lipinski definition) is 3. The van der Waals surface area contributed by atoms with Gasteiger partial charge in [-0.15, -0.1) is 0 Å². The first kappa shape index (κ1) is 18.6. The van der Waals surface area contributed by atoms with Gasteiger partial charge in [0.2, 0.25) is 0 Å². The van der Waals surface area contributed by atoms with Gasteiger partial charge in [0.15, 0.2) is 11.6 Å². The van der Waals surface area contributed by atoms with Crippen LogP contribution >= 0.6 is 0 Å². The summed E-state index contributed by atoms with van der Waals surface area (Å²) in [7, 11) is 0. The van der Waals surface area contributed by atoms with Gasteiger partial charge in [-0.2, -0.15) is 0 Å². The fourth-order valence-electron chi connectivity index (χ4n) is 4.22. The van der Waals surface area contributed by atoms with E-state index >= 15 is 0 Å². The van der Waals surface area contributed by atoms with Gasteiger partial charge in [-0.05, 0) is 48.7 Å². The van der Waals surface area contributed by atoms with Crippen LogP contribution in [0, 0.1) is 5.92 Å². The molecule has 3 heteroatoms. The lowest BCUT2D eigenvalue weighted by molar-refractivity contribution is 0.0813. The standard InChI is InChI=1S/C25H25NO2/c1-18(27)21-10-4-7-19(15-21)16-26-14-6-11-22(17-26)25(28)24-13-5-9-20-8-2-3-12-23(20)24/h2-5,7-10,12-13,15,22H,6,11,14,16-17H2,1H3. The van der Waals surface area contributed by atoms with Crippen LogP contribution in [-0.2, 0) is 6.54 Å². The van der Waals surface area contributed by atoms with E-state index in [2.05, 4.69) is 23.1 Å². The van der Waals surface area contributed by atoms with Crippen molar-refractivity contribution in [1.82, 2.24) is 4.90 Å². The first-order valence-corrected chi connectivity index (χ1v) is 9.96. The summed E-state index contributed by atoms with van der Waals surface area (Å²) in [6.07, 6.45) is 1.96. The van der Waals surface area contributed by atoms with E-state index in [9.17, 15) is 9.59 Å². The molecule has 0 aliphatic carbocycles. The maximum atomic E-state index is 13.3. The van der Waals surface area contributed by atoms with Crippen molar-refractivity contribution in [2.45, 2.75) is 26.3 Å². The third kappa shape index (κ3) is 3.90. The number of piperidine rings is 1. The first-order valence-electron chi connectivity index (χ1n) is 9.96. The number of likely N-dealkylation sites (tertiary alicyclic amines) is 1. The molecule has 3 nitrogen and oxygen atoms in total. The second kappa shape index (κ2) is 8.07. The fourth-order valence-corrected chi connectivity index (χ4v) is 4.22. The van der Waals surface area contributed by atoms with Gasteiger partial charge in [0, 0.05) is 30.1 Å². The molecular formula is C25H25NO2. The van der Waals surface area contributed by atoms with E-state index in [0.717, 1.165) is 59.9 Å². The maximum absolute atomic E-state index is 13.3. The molecule has 1 aliphatic heterocycles. The average molecular weight is 371 g/mol. The Morgan fingerprint density at radius 3 is 2.64 bits per heavy atom. The van der Waals surface area contributed by atoms with E-state index in [0.29, 0.717) is 0 Å². The zero-order chi connectivity index (χ0) is 19.5. The van der Waals surface area contributed by atoms with Crippen molar-refractivity contribution in [2.24, 2.45) is 5.92 Å². The van der Waals surface area contributed by atoms with E-state index in [4.69, 9.17) is 0 Å². The Morgan fingerprint density at radius 2 is 1.79 bits per heavy atom. The topological polar surface area (TPSA) is 37.4 Å². The summed E-state index contributed by atoms with van der Waals surface area (Å²) in [5.41, 5.74) is 2.72. The smallest absolute Gasteiger partial charge is 0.167 e. The number of carbonyl (C=O) groups is 2. The maximum Gasteiger partial charge on any atom is 0.167 e. The predicted octanol–water partition coefficient (Wildman–Crippen LogP) is 5.14. The summed E-state index contributed by atoms with van der Waals surface area (Å²) in [4.78, 5) is 27.3. The van der Waals surface area contributed by atoms with Crippen molar-refractivity contribution in [2.75, 3.05) is 13.1 Å². The van der Waals surface area contributed by atoms with Crippen molar-refractivity contribution < 1.29 is 9.59 Å². The molecule has 1 saturated heterocycles. The monoisotopic (exact) mass is 371 g/mol. The van der Waals surface area contributed by atoms with E-state index < -0.39 is 0 Å². The Kier molecular flexibility index (Phi) is 5.36. The van der Waals surface area contributed by atoms with Crippen molar-refractivity contribution >= 4 is 22.3 Å². The number of carbonyl (C=O) groups excluding carboxylic acids is 2. The number of benzene rings is 3. The van der Waals surface area contributed by atoms with E-state index in [1.165, 1.54) is 0 Å². The molecular weight excluding hydrogens is 346 g/mol. The molecule has 1 unspecified atom stereocenters. The second-order valence-electron chi connectivity index (χ2n) is 7.72. The molecule has 0 N–H and O–H groups in total. The summed E-state index contributed by atoms with van der Waals surface area (Å²) in [6.45, 7) is 4.13. The van der Waals surface area contributed by atoms with Crippen LogP contribution in [0.3, 0.4) is 0 Å². The quantitative estimate of drug-likeness (QED) is 0.583. The Bertz CT molecular complexity index is 1020. The van der Waals surface area contributed by atoms with Gasteiger partial charge >= 0.3 is 0 Å². The number of hydrogen-bond donors (Lipinski definition) is 0. The molecule has 1 heterocycles. The molecule has 3 aromatic rings. The van der Waals surface area contributed by atoms with Crippen LogP contribution in [0.4, 0.5) is 0 Å². The second-order valence-corrected chi connectivity index (χ2v) is 7.72. The third-order valence-corrected chi connectivity index (χ3v) is 5.67. The minimum atomic E-state index is 0.0237. The van der Waals surface area contributed by atoms with E-state index in [1.807, 2.05) is 48.5 Å². The highest BCUT2D eigenvalue weighted by Crippen LogP contribution is 2.26. The molecule has 4 rings (SSSR count). The molecule has 3 aromatic carbocycles. The van der Waals surface area contributed by atoms with Crippen molar-refractivity contribution in [1.29, 1.82) is 0 Å². The van der Waals surface area contributed by atoms with Gasteiger partial charge < -0.3 is 0 Å². The molecule has 142 valence electrons. The van der Waals surface area contributed by atoms with Crippen LogP contribution in [0.25, 0.3) is 10.8 Å². The number of ketones is 2. The molecule has 0 radical (unpaired) electrons. The Morgan fingerprint density at radius 1 is 1.00 bits per heavy atom. The lowest BCUT2D eigenvalue weighted by atomic mass is 9.88. The summed E-state index contributed by atoms with van der Waals surface area (Å²) >= 11 is 0. The summed E-state index contributed by atoms with van der Waals surface area (Å²) in [6, 6.07) is 21.9. The van der Waals surface area contributed by atoms with Gasteiger partial charge in [0.25, 0.3) is 0 Å². The normalized spacial score (nSPS) is 17.5. The lowest BCUT2D eigenvalue weighted by Gasteiger charge is -2.32. The van der Waals surface area contributed by atoms with Crippen LogP contribution in [0.1, 0.15) is 46.0 Å². The highest BCUT2D eigenvalue weighted by atomic mass is 16.1. The molecule has 1 fully saturated rings. The molecule has 0 amide bonds. The number of fused-ring (bicyclic) bond motifs is 1. The summed E-state index contributed by atoms with van der Waals surface area (Å²) in [5.74, 6) is 0.360. The van der Waals surface area contributed by atoms with Gasteiger partial charge in [-0.25, -0.2) is 0 Å². The van der Waals surface area contributed by atoms with Gasteiger partial charge in [0.1, 0.15) is 0 Å². The number of rotatable bonds is 5. The number of Topliss-reactive ketones (excluding diaryl/α,β-unsaturated/α-hetero) is 2. The summed E-state index contributed by atoms with van der Waals surface area (Å²) in [5, 5.41) is 2.16. The average Bonchev–Trinajstić information content (AvgIpc) is 2.73. The van der Waals surface area contributed by atoms with Gasteiger partial charge in [-0.3, -0.25) is 14.5 Å². The van der Waals surface area contributed by atoms with E-state index in [-0.39, 0.29) is 17.5 Å². The molecule has 0 spiro atoms. The molecule has 0 saturated carbocycles. The molecule has 28 heavy (non-hydrogen) atoms. The Hall–Kier alpha value is -2.78. The third-order valence-electron chi connectivity index (χ3n) is 5.67. The van der Waals surface area contributed by atoms with Crippen LogP contribution in [-0.4, -0.2) is 29.6 Å². The fraction of sp³-hybridized carbons (Fsp3) is 0.280. The molecule has 1 aliphatic rings. The van der Waals surface area contributed by atoms with Crippen LogP contribution < -0.4 is 0 Å². The highest BCUT2D eigenvalue weighted by Gasteiger charge is 2.27. The highest BCUT2D eigenvalue weighted by molar-refractivity contribution is 6.09. The van der Waals surface area contributed by atoms with Crippen LogP contribution in [0.2, 0.25) is 0 Å². The van der Waals surface area contributed by atoms with Gasteiger partial charge in [0.05, 0.1) is 0 Å². The van der Waals surface area contributed by atoms with Crippen molar-refractivity contribution in [3.63, 3.8) is 0 Å². The Balaban J connectivity index is 1.51. The van der Waals surface area contributed by atoms with Crippen molar-refractivity contribution in [3.8, 4) is 0 Å². The zero-order valence-electron chi connectivity index (χ0n) is 16.2. The van der Waals surface area contributed by atoms with E-state index in [1.54, 1.807) is 6.92 Å². The minimum Gasteiger partial charge on any atom is -0.298 e. The largest absolute Gasteiger partial charge is 0.298 e.